The Morgan fingerprint density at radius 2 is 1.95 bits per heavy atom. The summed E-state index contributed by atoms with van der Waals surface area (Å²) < 4.78 is 5.55. The van der Waals surface area contributed by atoms with E-state index >= 15 is 0 Å². The van der Waals surface area contributed by atoms with Gasteiger partial charge in [0.05, 0.1) is 5.69 Å². The highest BCUT2D eigenvalue weighted by molar-refractivity contribution is 5.98. The molecule has 0 fully saturated rings. The minimum absolute atomic E-state index is 0.562. The molecule has 0 amide bonds. The third-order valence-corrected chi connectivity index (χ3v) is 2.94. The molecular formula is C15H11NO3. The molecule has 94 valence electrons. The monoisotopic (exact) mass is 253 g/mol. The van der Waals surface area contributed by atoms with Crippen molar-refractivity contribution in [3.8, 4) is 5.75 Å². The first-order valence-corrected chi connectivity index (χ1v) is 5.87. The van der Waals surface area contributed by atoms with Crippen LogP contribution >= 0.6 is 0 Å². The van der Waals surface area contributed by atoms with Gasteiger partial charge in [-0.2, -0.15) is 0 Å². The normalized spacial score (nSPS) is 17.1. The standard InChI is InChI=1S/C15H11NO3/c17-15(18)14-11(12-6-3-4-8-16-12)9-10-5-1-2-7-13(10)19-14/h1-9,14H,(H,17,18). The summed E-state index contributed by atoms with van der Waals surface area (Å²) in [5.41, 5.74) is 2.04. The van der Waals surface area contributed by atoms with Gasteiger partial charge in [0.2, 0.25) is 6.10 Å². The van der Waals surface area contributed by atoms with Crippen LogP contribution in [0.3, 0.4) is 0 Å². The van der Waals surface area contributed by atoms with E-state index in [0.717, 1.165) is 5.56 Å². The molecule has 2 heterocycles. The molecule has 0 spiro atoms. The number of carboxylic acids is 1. The van der Waals surface area contributed by atoms with Crippen LogP contribution in [0.4, 0.5) is 0 Å². The fourth-order valence-corrected chi connectivity index (χ4v) is 2.07. The molecule has 2 aromatic rings. The molecule has 1 aliphatic heterocycles. The van der Waals surface area contributed by atoms with Crippen molar-refractivity contribution in [2.24, 2.45) is 0 Å². The molecule has 0 saturated heterocycles. The highest BCUT2D eigenvalue weighted by atomic mass is 16.5. The number of nitrogens with zero attached hydrogens (tertiary/aromatic N) is 1. The van der Waals surface area contributed by atoms with Crippen molar-refractivity contribution in [3.63, 3.8) is 0 Å². The molecule has 4 heteroatoms. The van der Waals surface area contributed by atoms with Crippen molar-refractivity contribution >= 4 is 17.6 Å². The van der Waals surface area contributed by atoms with E-state index < -0.39 is 12.1 Å². The number of pyridine rings is 1. The summed E-state index contributed by atoms with van der Waals surface area (Å²) in [6.07, 6.45) is 2.43. The van der Waals surface area contributed by atoms with Crippen LogP contribution in [0.1, 0.15) is 11.3 Å². The zero-order chi connectivity index (χ0) is 13.2. The van der Waals surface area contributed by atoms with Crippen LogP contribution in [0.2, 0.25) is 0 Å². The number of benzene rings is 1. The highest BCUT2D eigenvalue weighted by Crippen LogP contribution is 2.33. The highest BCUT2D eigenvalue weighted by Gasteiger charge is 2.30. The minimum atomic E-state index is -1.02. The second kappa shape index (κ2) is 4.57. The number of fused-ring (bicyclic) bond motifs is 1. The fourth-order valence-electron chi connectivity index (χ4n) is 2.07. The second-order valence-electron chi connectivity index (χ2n) is 4.19. The first kappa shape index (κ1) is 11.5. The molecule has 0 radical (unpaired) electrons. The molecule has 1 aromatic carbocycles. The van der Waals surface area contributed by atoms with Crippen LogP contribution in [0.15, 0.2) is 48.7 Å². The van der Waals surface area contributed by atoms with Crippen molar-refractivity contribution in [3.05, 3.63) is 59.9 Å². The van der Waals surface area contributed by atoms with Crippen molar-refractivity contribution in [1.29, 1.82) is 0 Å². The number of carboxylic acid groups (broad SMARTS) is 1. The van der Waals surface area contributed by atoms with Gasteiger partial charge in [-0.25, -0.2) is 4.79 Å². The topological polar surface area (TPSA) is 59.4 Å². The number of ether oxygens (including phenoxy) is 1. The van der Waals surface area contributed by atoms with Gasteiger partial charge in [-0.1, -0.05) is 24.3 Å². The van der Waals surface area contributed by atoms with E-state index in [1.807, 2.05) is 30.3 Å². The lowest BCUT2D eigenvalue weighted by Crippen LogP contribution is -2.30. The molecule has 4 nitrogen and oxygen atoms in total. The number of aliphatic carboxylic acids is 1. The third kappa shape index (κ3) is 2.08. The maximum absolute atomic E-state index is 11.4. The second-order valence-corrected chi connectivity index (χ2v) is 4.19. The lowest BCUT2D eigenvalue weighted by molar-refractivity contribution is -0.142. The van der Waals surface area contributed by atoms with Gasteiger partial charge in [-0.15, -0.1) is 0 Å². The number of para-hydroxylation sites is 1. The lowest BCUT2D eigenvalue weighted by Gasteiger charge is -2.23. The summed E-state index contributed by atoms with van der Waals surface area (Å²) in [7, 11) is 0. The van der Waals surface area contributed by atoms with Gasteiger partial charge in [-0.05, 0) is 24.3 Å². The maximum atomic E-state index is 11.4. The van der Waals surface area contributed by atoms with Crippen molar-refractivity contribution in [1.82, 2.24) is 4.98 Å². The number of carbonyl (C=O) groups is 1. The maximum Gasteiger partial charge on any atom is 0.349 e. The average molecular weight is 253 g/mol. The summed E-state index contributed by atoms with van der Waals surface area (Å²) >= 11 is 0. The summed E-state index contributed by atoms with van der Waals surface area (Å²) in [6, 6.07) is 12.7. The molecule has 0 bridgehead atoms. The summed E-state index contributed by atoms with van der Waals surface area (Å²) in [4.78, 5) is 15.6. The zero-order valence-electron chi connectivity index (χ0n) is 9.98. The molecular weight excluding hydrogens is 242 g/mol. The largest absolute Gasteiger partial charge is 0.478 e. The van der Waals surface area contributed by atoms with E-state index in [0.29, 0.717) is 17.0 Å². The number of hydrogen-bond donors (Lipinski definition) is 1. The van der Waals surface area contributed by atoms with Gasteiger partial charge >= 0.3 is 5.97 Å². The zero-order valence-corrected chi connectivity index (χ0v) is 9.98. The Kier molecular flexibility index (Phi) is 2.76. The number of aromatic nitrogens is 1. The van der Waals surface area contributed by atoms with E-state index in [9.17, 15) is 9.90 Å². The Labute approximate surface area is 110 Å². The number of rotatable bonds is 2. The van der Waals surface area contributed by atoms with Crippen LogP contribution < -0.4 is 4.74 Å². The van der Waals surface area contributed by atoms with Crippen LogP contribution in [0, 0.1) is 0 Å². The Morgan fingerprint density at radius 3 is 2.68 bits per heavy atom. The van der Waals surface area contributed by atoms with Crippen LogP contribution in [0.5, 0.6) is 5.75 Å². The predicted molar refractivity (Wildman–Crippen MR) is 70.6 cm³/mol. The molecule has 0 aliphatic carbocycles. The van der Waals surface area contributed by atoms with Crippen LogP contribution in [-0.4, -0.2) is 22.2 Å². The molecule has 19 heavy (non-hydrogen) atoms. The summed E-state index contributed by atoms with van der Waals surface area (Å²) in [6.45, 7) is 0. The van der Waals surface area contributed by atoms with Gasteiger partial charge in [0.15, 0.2) is 0 Å². The molecule has 0 saturated carbocycles. The number of hydrogen-bond acceptors (Lipinski definition) is 3. The van der Waals surface area contributed by atoms with Gasteiger partial charge in [0.1, 0.15) is 5.75 Å². The van der Waals surface area contributed by atoms with E-state index in [2.05, 4.69) is 4.98 Å². The van der Waals surface area contributed by atoms with Crippen molar-refractivity contribution < 1.29 is 14.6 Å². The van der Waals surface area contributed by atoms with E-state index in [-0.39, 0.29) is 0 Å². The van der Waals surface area contributed by atoms with E-state index in [1.165, 1.54) is 0 Å². The lowest BCUT2D eigenvalue weighted by atomic mass is 9.98. The summed E-state index contributed by atoms with van der Waals surface area (Å²) in [5.74, 6) is -0.444. The van der Waals surface area contributed by atoms with E-state index in [1.54, 1.807) is 24.4 Å². The van der Waals surface area contributed by atoms with Crippen molar-refractivity contribution in [2.75, 3.05) is 0 Å². The third-order valence-electron chi connectivity index (χ3n) is 2.94. The van der Waals surface area contributed by atoms with E-state index in [4.69, 9.17) is 4.74 Å². The average Bonchev–Trinajstić information content (AvgIpc) is 2.46. The van der Waals surface area contributed by atoms with Gasteiger partial charge < -0.3 is 9.84 Å². The Bertz CT molecular complexity index is 649. The van der Waals surface area contributed by atoms with Gasteiger partial charge in [0, 0.05) is 17.3 Å². The predicted octanol–water partition coefficient (Wildman–Crippen LogP) is 2.47. The van der Waals surface area contributed by atoms with Crippen LogP contribution in [-0.2, 0) is 4.79 Å². The van der Waals surface area contributed by atoms with Crippen LogP contribution in [0.25, 0.3) is 11.6 Å². The molecule has 1 atom stereocenters. The molecule has 1 unspecified atom stereocenters. The Balaban J connectivity index is 2.13. The summed E-state index contributed by atoms with van der Waals surface area (Å²) in [5, 5.41) is 9.30. The fraction of sp³-hybridized carbons (Fsp3) is 0.0667. The Morgan fingerprint density at radius 1 is 1.16 bits per heavy atom. The van der Waals surface area contributed by atoms with Crippen molar-refractivity contribution in [2.45, 2.75) is 6.10 Å². The first-order chi connectivity index (χ1) is 9.25. The molecule has 1 aliphatic rings. The minimum Gasteiger partial charge on any atom is -0.478 e. The SMILES string of the molecule is O=C(O)C1Oc2ccccc2C=C1c1ccccn1. The molecule has 3 rings (SSSR count). The quantitative estimate of drug-likeness (QED) is 0.893. The van der Waals surface area contributed by atoms with Gasteiger partial charge in [-0.3, -0.25) is 4.98 Å². The van der Waals surface area contributed by atoms with Gasteiger partial charge in [0.25, 0.3) is 0 Å². The first-order valence-electron chi connectivity index (χ1n) is 5.87. The molecule has 1 aromatic heterocycles. The Hall–Kier alpha value is -2.62. The molecule has 1 N–H and O–H groups in total. The smallest absolute Gasteiger partial charge is 0.349 e.